The molecule has 18 heavy (non-hydrogen) atoms. The average Bonchev–Trinajstić information content (AvgIpc) is 2.82. The number of nitrogens with one attached hydrogen (secondary N) is 1. The molecule has 0 bridgehead atoms. The number of nitrogens with two attached hydrogens (primary N) is 1. The Bertz CT molecular complexity index is 577. The number of rotatable bonds is 2. The molecule has 0 radical (unpaired) electrons. The fourth-order valence-corrected chi connectivity index (χ4v) is 2.49. The lowest BCUT2D eigenvalue weighted by molar-refractivity contribution is 0.946. The van der Waals surface area contributed by atoms with Crippen molar-refractivity contribution in [3.8, 4) is 0 Å². The lowest BCUT2D eigenvalue weighted by atomic mass is 9.96. The van der Waals surface area contributed by atoms with Gasteiger partial charge in [0.1, 0.15) is 0 Å². The molecule has 1 unspecified atom stereocenters. The molecule has 1 aliphatic rings. The Balaban J connectivity index is 1.87. The van der Waals surface area contributed by atoms with Crippen LogP contribution in [0.3, 0.4) is 0 Å². The largest absolute Gasteiger partial charge is 0.398 e. The minimum atomic E-state index is 0.243. The van der Waals surface area contributed by atoms with E-state index < -0.39 is 0 Å². The molecule has 2 aromatic rings. The van der Waals surface area contributed by atoms with E-state index in [2.05, 4.69) is 30.1 Å². The third kappa shape index (κ3) is 1.76. The normalized spacial score (nSPS) is 17.0. The molecular weight excluding hydrogens is 220 g/mol. The number of fused-ring (bicyclic) bond motifs is 1. The number of hydrogen-bond acceptors (Lipinski definition) is 2. The first-order valence-electron chi connectivity index (χ1n) is 6.14. The first-order valence-corrected chi connectivity index (χ1v) is 6.14. The quantitative estimate of drug-likeness (QED) is 0.785. The highest BCUT2D eigenvalue weighted by atomic mass is 15.0. The van der Waals surface area contributed by atoms with Gasteiger partial charge in [-0.25, -0.2) is 0 Å². The van der Waals surface area contributed by atoms with Crippen molar-refractivity contribution in [2.24, 2.45) is 0 Å². The Hall–Kier alpha value is -2.22. The minimum absolute atomic E-state index is 0.243. The number of hydrogen-bond donors (Lipinski definition) is 2. The number of para-hydroxylation sites is 2. The molecule has 0 spiro atoms. The smallest absolute Gasteiger partial charge is 0.0555 e. The van der Waals surface area contributed by atoms with E-state index in [1.807, 2.05) is 30.3 Å². The molecule has 3 rings (SSSR count). The molecule has 1 atom stereocenters. The average molecular weight is 236 g/mol. The van der Waals surface area contributed by atoms with Gasteiger partial charge in [0.2, 0.25) is 0 Å². The number of anilines is 2. The van der Waals surface area contributed by atoms with Crippen molar-refractivity contribution in [1.29, 1.82) is 0 Å². The number of benzene rings is 2. The van der Waals surface area contributed by atoms with Crippen molar-refractivity contribution in [2.45, 2.75) is 12.5 Å². The van der Waals surface area contributed by atoms with Crippen LogP contribution in [0.5, 0.6) is 0 Å². The molecule has 0 fully saturated rings. The zero-order valence-corrected chi connectivity index (χ0v) is 10.2. The summed E-state index contributed by atoms with van der Waals surface area (Å²) in [5.41, 5.74) is 11.5. The van der Waals surface area contributed by atoms with Crippen LogP contribution in [0.2, 0.25) is 0 Å². The standard InChI is InChI=1S/C16H16N2/c1-11(13-7-3-4-8-14(13)17)16-10-12-6-2-5-9-15(12)18-16/h2-9,16,18H,1,10,17H2. The second kappa shape index (κ2) is 4.22. The number of nitrogen functional groups attached to an aromatic ring is 1. The summed E-state index contributed by atoms with van der Waals surface area (Å²) < 4.78 is 0. The molecule has 0 aliphatic carbocycles. The highest BCUT2D eigenvalue weighted by Crippen LogP contribution is 2.33. The summed E-state index contributed by atoms with van der Waals surface area (Å²) in [5, 5.41) is 3.50. The van der Waals surface area contributed by atoms with Crippen LogP contribution in [-0.2, 0) is 6.42 Å². The summed E-state index contributed by atoms with van der Waals surface area (Å²) in [4.78, 5) is 0. The topological polar surface area (TPSA) is 38.0 Å². The summed E-state index contributed by atoms with van der Waals surface area (Å²) >= 11 is 0. The maximum atomic E-state index is 6.01. The highest BCUT2D eigenvalue weighted by Gasteiger charge is 2.23. The second-order valence-electron chi connectivity index (χ2n) is 4.67. The predicted molar refractivity (Wildman–Crippen MR) is 77.4 cm³/mol. The zero-order chi connectivity index (χ0) is 12.5. The Morgan fingerprint density at radius 1 is 1.11 bits per heavy atom. The van der Waals surface area contributed by atoms with E-state index in [0.717, 1.165) is 23.2 Å². The van der Waals surface area contributed by atoms with Gasteiger partial charge in [-0.2, -0.15) is 0 Å². The molecule has 0 amide bonds. The highest BCUT2D eigenvalue weighted by molar-refractivity contribution is 5.80. The summed E-state index contributed by atoms with van der Waals surface area (Å²) in [6.45, 7) is 4.21. The Morgan fingerprint density at radius 3 is 2.61 bits per heavy atom. The molecule has 2 heteroatoms. The second-order valence-corrected chi connectivity index (χ2v) is 4.67. The fraction of sp³-hybridized carbons (Fsp3) is 0.125. The molecule has 3 N–H and O–H groups in total. The summed E-state index contributed by atoms with van der Waals surface area (Å²) in [6.07, 6.45) is 0.976. The lowest BCUT2D eigenvalue weighted by Crippen LogP contribution is -2.17. The van der Waals surface area contributed by atoms with Crippen molar-refractivity contribution < 1.29 is 0 Å². The van der Waals surface area contributed by atoms with E-state index in [1.165, 1.54) is 11.3 Å². The van der Waals surface area contributed by atoms with Gasteiger partial charge in [-0.1, -0.05) is 43.0 Å². The van der Waals surface area contributed by atoms with Gasteiger partial charge in [-0.05, 0) is 29.7 Å². The van der Waals surface area contributed by atoms with E-state index in [9.17, 15) is 0 Å². The Labute approximate surface area is 107 Å². The van der Waals surface area contributed by atoms with E-state index in [-0.39, 0.29) is 6.04 Å². The molecular formula is C16H16N2. The SMILES string of the molecule is C=C(c1ccccc1N)C1Cc2ccccc2N1. The van der Waals surface area contributed by atoms with Crippen LogP contribution in [0.25, 0.3) is 5.57 Å². The van der Waals surface area contributed by atoms with Crippen LogP contribution in [0, 0.1) is 0 Å². The van der Waals surface area contributed by atoms with Crippen LogP contribution >= 0.6 is 0 Å². The fourth-order valence-electron chi connectivity index (χ4n) is 2.49. The first-order chi connectivity index (χ1) is 8.75. The molecule has 2 nitrogen and oxygen atoms in total. The predicted octanol–water partition coefficient (Wildman–Crippen LogP) is 3.32. The molecule has 0 aromatic heterocycles. The molecule has 0 saturated heterocycles. The van der Waals surface area contributed by atoms with Crippen molar-refractivity contribution >= 4 is 16.9 Å². The summed E-state index contributed by atoms with van der Waals surface area (Å²) in [5.74, 6) is 0. The third-order valence-corrected chi connectivity index (χ3v) is 3.50. The van der Waals surface area contributed by atoms with E-state index >= 15 is 0 Å². The molecule has 0 saturated carbocycles. The van der Waals surface area contributed by atoms with E-state index in [4.69, 9.17) is 5.73 Å². The first kappa shape index (κ1) is 10.9. The Morgan fingerprint density at radius 2 is 1.83 bits per heavy atom. The van der Waals surface area contributed by atoms with Crippen LogP contribution in [0.1, 0.15) is 11.1 Å². The molecule has 2 aromatic carbocycles. The van der Waals surface area contributed by atoms with Crippen LogP contribution in [0.4, 0.5) is 11.4 Å². The lowest BCUT2D eigenvalue weighted by Gasteiger charge is -2.16. The summed E-state index contributed by atoms with van der Waals surface area (Å²) in [7, 11) is 0. The van der Waals surface area contributed by atoms with Gasteiger partial charge < -0.3 is 11.1 Å². The van der Waals surface area contributed by atoms with E-state index in [1.54, 1.807) is 0 Å². The Kier molecular flexibility index (Phi) is 2.56. The van der Waals surface area contributed by atoms with Gasteiger partial charge in [0.05, 0.1) is 6.04 Å². The maximum Gasteiger partial charge on any atom is 0.0555 e. The summed E-state index contributed by atoms with van der Waals surface area (Å²) in [6, 6.07) is 16.5. The van der Waals surface area contributed by atoms with E-state index in [0.29, 0.717) is 0 Å². The van der Waals surface area contributed by atoms with Crippen molar-refractivity contribution in [2.75, 3.05) is 11.1 Å². The molecule has 1 heterocycles. The molecule has 1 aliphatic heterocycles. The van der Waals surface area contributed by atoms with Crippen molar-refractivity contribution in [1.82, 2.24) is 0 Å². The minimum Gasteiger partial charge on any atom is -0.398 e. The van der Waals surface area contributed by atoms with Crippen LogP contribution in [0.15, 0.2) is 55.1 Å². The van der Waals surface area contributed by atoms with Crippen molar-refractivity contribution in [3.05, 3.63) is 66.2 Å². The zero-order valence-electron chi connectivity index (χ0n) is 10.2. The van der Waals surface area contributed by atoms with Gasteiger partial charge in [-0.15, -0.1) is 0 Å². The maximum absolute atomic E-state index is 6.01. The monoisotopic (exact) mass is 236 g/mol. The van der Waals surface area contributed by atoms with Crippen LogP contribution < -0.4 is 11.1 Å². The van der Waals surface area contributed by atoms with Gasteiger partial charge in [0.15, 0.2) is 0 Å². The molecule has 90 valence electrons. The van der Waals surface area contributed by atoms with Gasteiger partial charge >= 0.3 is 0 Å². The van der Waals surface area contributed by atoms with Gasteiger partial charge in [0, 0.05) is 16.9 Å². The van der Waals surface area contributed by atoms with Gasteiger partial charge in [-0.3, -0.25) is 0 Å². The third-order valence-electron chi connectivity index (χ3n) is 3.50. The van der Waals surface area contributed by atoms with Crippen molar-refractivity contribution in [3.63, 3.8) is 0 Å². The van der Waals surface area contributed by atoms with Crippen LogP contribution in [-0.4, -0.2) is 6.04 Å². The van der Waals surface area contributed by atoms with Gasteiger partial charge in [0.25, 0.3) is 0 Å².